The number of hydrogen-bond donors (Lipinski definition) is 2. The van der Waals surface area contributed by atoms with Crippen molar-refractivity contribution in [3.05, 3.63) is 23.0 Å². The maximum Gasteiger partial charge on any atom is 0.270 e. The van der Waals surface area contributed by atoms with Crippen molar-refractivity contribution in [2.45, 2.75) is 32.7 Å². The number of rotatable bonds is 4. The summed E-state index contributed by atoms with van der Waals surface area (Å²) >= 11 is 5.87. The molecule has 1 aromatic heterocycles. The van der Waals surface area contributed by atoms with Gasteiger partial charge in [-0.2, -0.15) is 0 Å². The maximum atomic E-state index is 12.5. The zero-order chi connectivity index (χ0) is 13.8. The summed E-state index contributed by atoms with van der Waals surface area (Å²) in [5.74, 6) is 0.637. The Hall–Kier alpha value is -1.00. The fourth-order valence-electron chi connectivity index (χ4n) is 2.52. The first kappa shape index (κ1) is 14.4. The number of nitrogens with one attached hydrogen (secondary N) is 2. The van der Waals surface area contributed by atoms with Crippen molar-refractivity contribution >= 4 is 17.5 Å². The third-order valence-corrected chi connectivity index (χ3v) is 3.89. The third kappa shape index (κ3) is 3.74. The highest BCUT2D eigenvalue weighted by Crippen LogP contribution is 2.18. The Balaban J connectivity index is 2.04. The summed E-state index contributed by atoms with van der Waals surface area (Å²) in [5.41, 5.74) is 0.577. The lowest BCUT2D eigenvalue weighted by Crippen LogP contribution is -2.43. The summed E-state index contributed by atoms with van der Waals surface area (Å²) < 4.78 is 0. The van der Waals surface area contributed by atoms with E-state index in [0.717, 1.165) is 32.5 Å². The SMILES string of the molecule is CC(C)N(CC1CCNCC1)C(=O)c1cc(Cl)c[nH]1. The van der Waals surface area contributed by atoms with Gasteiger partial charge in [-0.3, -0.25) is 4.79 Å². The molecule has 1 saturated heterocycles. The Morgan fingerprint density at radius 1 is 1.47 bits per heavy atom. The zero-order valence-corrected chi connectivity index (χ0v) is 12.3. The lowest BCUT2D eigenvalue weighted by Gasteiger charge is -2.32. The number of halogens is 1. The van der Waals surface area contributed by atoms with Crippen LogP contribution in [0, 0.1) is 5.92 Å². The third-order valence-electron chi connectivity index (χ3n) is 3.68. The quantitative estimate of drug-likeness (QED) is 0.892. The van der Waals surface area contributed by atoms with E-state index in [4.69, 9.17) is 11.6 Å². The Morgan fingerprint density at radius 2 is 2.16 bits per heavy atom. The van der Waals surface area contributed by atoms with Crippen LogP contribution in [0.2, 0.25) is 5.02 Å². The number of H-pyrrole nitrogens is 1. The second kappa shape index (κ2) is 6.44. The molecule has 0 unspecified atom stereocenters. The summed E-state index contributed by atoms with van der Waals surface area (Å²) in [6.07, 6.45) is 3.93. The number of aromatic amines is 1. The molecule has 1 fully saturated rings. The largest absolute Gasteiger partial charge is 0.356 e. The summed E-state index contributed by atoms with van der Waals surface area (Å²) in [5, 5.41) is 3.93. The fourth-order valence-corrected chi connectivity index (χ4v) is 2.68. The molecule has 2 heterocycles. The molecule has 0 saturated carbocycles. The molecule has 2 rings (SSSR count). The highest BCUT2D eigenvalue weighted by atomic mass is 35.5. The van der Waals surface area contributed by atoms with Crippen molar-refractivity contribution in [3.8, 4) is 0 Å². The first-order chi connectivity index (χ1) is 9.08. The Kier molecular flexibility index (Phi) is 4.88. The average Bonchev–Trinajstić information content (AvgIpc) is 2.83. The number of aromatic nitrogens is 1. The van der Waals surface area contributed by atoms with E-state index >= 15 is 0 Å². The normalized spacial score (nSPS) is 16.8. The van der Waals surface area contributed by atoms with E-state index in [2.05, 4.69) is 24.1 Å². The van der Waals surface area contributed by atoms with Crippen molar-refractivity contribution in [2.75, 3.05) is 19.6 Å². The average molecular weight is 284 g/mol. The Labute approximate surface area is 119 Å². The number of piperidine rings is 1. The van der Waals surface area contributed by atoms with Crippen LogP contribution >= 0.6 is 11.6 Å². The van der Waals surface area contributed by atoms with Crippen LogP contribution in [-0.2, 0) is 0 Å². The standard InChI is InChI=1S/C14H22ClN3O/c1-10(2)18(9-11-3-5-16-6-4-11)14(19)13-7-12(15)8-17-13/h7-8,10-11,16-17H,3-6,9H2,1-2H3. The van der Waals surface area contributed by atoms with Crippen LogP contribution in [0.15, 0.2) is 12.3 Å². The van der Waals surface area contributed by atoms with E-state index in [1.807, 2.05) is 4.90 Å². The van der Waals surface area contributed by atoms with Crippen LogP contribution in [0.4, 0.5) is 0 Å². The molecule has 0 aliphatic carbocycles. The topological polar surface area (TPSA) is 48.1 Å². The summed E-state index contributed by atoms with van der Waals surface area (Å²) in [7, 11) is 0. The van der Waals surface area contributed by atoms with Gasteiger partial charge in [-0.25, -0.2) is 0 Å². The van der Waals surface area contributed by atoms with E-state index in [1.165, 1.54) is 0 Å². The molecule has 0 aromatic carbocycles. The number of carbonyl (C=O) groups is 1. The molecule has 4 nitrogen and oxygen atoms in total. The van der Waals surface area contributed by atoms with Gasteiger partial charge in [-0.1, -0.05) is 11.6 Å². The van der Waals surface area contributed by atoms with Crippen LogP contribution in [0.5, 0.6) is 0 Å². The molecule has 1 aliphatic heterocycles. The van der Waals surface area contributed by atoms with E-state index in [-0.39, 0.29) is 11.9 Å². The van der Waals surface area contributed by atoms with Crippen LogP contribution < -0.4 is 5.32 Å². The van der Waals surface area contributed by atoms with E-state index in [0.29, 0.717) is 16.6 Å². The monoisotopic (exact) mass is 283 g/mol. The highest BCUT2D eigenvalue weighted by molar-refractivity contribution is 6.30. The van der Waals surface area contributed by atoms with Gasteiger partial charge in [0.25, 0.3) is 5.91 Å². The van der Waals surface area contributed by atoms with Gasteiger partial charge in [0.15, 0.2) is 0 Å². The Morgan fingerprint density at radius 3 is 2.68 bits per heavy atom. The van der Waals surface area contributed by atoms with Gasteiger partial charge in [0.2, 0.25) is 0 Å². The lowest BCUT2D eigenvalue weighted by atomic mass is 9.97. The van der Waals surface area contributed by atoms with Gasteiger partial charge in [0.1, 0.15) is 5.69 Å². The van der Waals surface area contributed by atoms with Gasteiger partial charge in [-0.05, 0) is 51.8 Å². The molecule has 5 heteroatoms. The molecule has 0 spiro atoms. The molecule has 1 aliphatic rings. The minimum atomic E-state index is 0.0421. The number of hydrogen-bond acceptors (Lipinski definition) is 2. The van der Waals surface area contributed by atoms with E-state index in [1.54, 1.807) is 12.3 Å². The van der Waals surface area contributed by atoms with Crippen molar-refractivity contribution < 1.29 is 4.79 Å². The molecule has 1 amide bonds. The number of amides is 1. The van der Waals surface area contributed by atoms with Crippen LogP contribution in [0.25, 0.3) is 0 Å². The molecule has 106 valence electrons. The van der Waals surface area contributed by atoms with Crippen molar-refractivity contribution in [1.29, 1.82) is 0 Å². The molecule has 0 radical (unpaired) electrons. The highest BCUT2D eigenvalue weighted by Gasteiger charge is 2.24. The maximum absolute atomic E-state index is 12.5. The predicted molar refractivity (Wildman–Crippen MR) is 77.6 cm³/mol. The summed E-state index contributed by atoms with van der Waals surface area (Å²) in [4.78, 5) is 17.4. The molecule has 1 aromatic rings. The van der Waals surface area contributed by atoms with Crippen molar-refractivity contribution in [3.63, 3.8) is 0 Å². The zero-order valence-electron chi connectivity index (χ0n) is 11.6. The molecular weight excluding hydrogens is 262 g/mol. The predicted octanol–water partition coefficient (Wildman–Crippen LogP) is 2.52. The smallest absolute Gasteiger partial charge is 0.270 e. The second-order valence-electron chi connectivity index (χ2n) is 5.48. The van der Waals surface area contributed by atoms with Gasteiger partial charge < -0.3 is 15.2 Å². The molecule has 0 atom stereocenters. The van der Waals surface area contributed by atoms with Gasteiger partial charge in [0.05, 0.1) is 5.02 Å². The second-order valence-corrected chi connectivity index (χ2v) is 5.91. The molecule has 19 heavy (non-hydrogen) atoms. The van der Waals surface area contributed by atoms with Gasteiger partial charge in [-0.15, -0.1) is 0 Å². The fraction of sp³-hybridized carbons (Fsp3) is 0.643. The Bertz CT molecular complexity index is 424. The number of carbonyl (C=O) groups excluding carboxylic acids is 1. The van der Waals surface area contributed by atoms with Crippen LogP contribution in [-0.4, -0.2) is 41.5 Å². The van der Waals surface area contributed by atoms with Gasteiger partial charge >= 0.3 is 0 Å². The molecular formula is C14H22ClN3O. The summed E-state index contributed by atoms with van der Waals surface area (Å²) in [6.45, 7) is 7.06. The van der Waals surface area contributed by atoms with E-state index < -0.39 is 0 Å². The number of nitrogens with zero attached hydrogens (tertiary/aromatic N) is 1. The molecule has 0 bridgehead atoms. The summed E-state index contributed by atoms with van der Waals surface area (Å²) in [6, 6.07) is 1.89. The van der Waals surface area contributed by atoms with Gasteiger partial charge in [0, 0.05) is 18.8 Å². The van der Waals surface area contributed by atoms with Crippen molar-refractivity contribution in [1.82, 2.24) is 15.2 Å². The van der Waals surface area contributed by atoms with Crippen LogP contribution in [0.3, 0.4) is 0 Å². The van der Waals surface area contributed by atoms with E-state index in [9.17, 15) is 4.79 Å². The first-order valence-electron chi connectivity index (χ1n) is 6.93. The lowest BCUT2D eigenvalue weighted by molar-refractivity contribution is 0.0652. The van der Waals surface area contributed by atoms with Crippen LogP contribution in [0.1, 0.15) is 37.2 Å². The van der Waals surface area contributed by atoms with Crippen molar-refractivity contribution in [2.24, 2.45) is 5.92 Å². The molecule has 2 N–H and O–H groups in total. The minimum absolute atomic E-state index is 0.0421. The minimum Gasteiger partial charge on any atom is -0.356 e. The first-order valence-corrected chi connectivity index (χ1v) is 7.31.